The molecule has 1 unspecified atom stereocenters. The van der Waals surface area contributed by atoms with E-state index in [-0.39, 0.29) is 30.6 Å². The van der Waals surface area contributed by atoms with Crippen LogP contribution >= 0.6 is 0 Å². The minimum atomic E-state index is -1.89. The van der Waals surface area contributed by atoms with Crippen LogP contribution in [0, 0.1) is 13.8 Å². The fraction of sp³-hybridized carbons (Fsp3) is 0.364. The molecule has 216 valence electrons. The van der Waals surface area contributed by atoms with Crippen molar-refractivity contribution in [2.24, 2.45) is 0 Å². The predicted molar refractivity (Wildman–Crippen MR) is 160 cm³/mol. The molecule has 4 aromatic rings. The lowest BCUT2D eigenvalue weighted by atomic mass is 9.90. The number of benzene rings is 2. The Morgan fingerprint density at radius 3 is 2.45 bits per heavy atom. The van der Waals surface area contributed by atoms with E-state index in [4.69, 9.17) is 4.98 Å². The van der Waals surface area contributed by atoms with Gasteiger partial charge in [0.15, 0.2) is 5.67 Å². The van der Waals surface area contributed by atoms with E-state index in [1.54, 1.807) is 12.4 Å². The fourth-order valence-corrected chi connectivity index (χ4v) is 5.81. The molecule has 8 nitrogen and oxygen atoms in total. The number of carbonyl (C=O) groups excluding carboxylic acids is 2. The highest BCUT2D eigenvalue weighted by Crippen LogP contribution is 2.42. The molecule has 2 aliphatic rings. The summed E-state index contributed by atoms with van der Waals surface area (Å²) in [7, 11) is 0. The number of anilines is 1. The van der Waals surface area contributed by atoms with Gasteiger partial charge < -0.3 is 10.6 Å². The minimum Gasteiger partial charge on any atom is -0.341 e. The number of hydrogen-bond acceptors (Lipinski definition) is 5. The van der Waals surface area contributed by atoms with Gasteiger partial charge in [0.1, 0.15) is 6.04 Å². The van der Waals surface area contributed by atoms with E-state index in [1.165, 1.54) is 0 Å². The van der Waals surface area contributed by atoms with E-state index in [1.807, 2.05) is 50.2 Å². The molecule has 1 saturated carbocycles. The molecular weight excluding hydrogens is 531 g/mol. The summed E-state index contributed by atoms with van der Waals surface area (Å²) in [5.74, 6) is -1.17. The van der Waals surface area contributed by atoms with Gasteiger partial charge in [-0.25, -0.2) is 9.37 Å². The average molecular weight is 567 g/mol. The van der Waals surface area contributed by atoms with Crippen LogP contribution in [0.2, 0.25) is 0 Å². The molecule has 0 spiro atoms. The highest BCUT2D eigenvalue weighted by atomic mass is 19.1. The average Bonchev–Trinajstić information content (AvgIpc) is 3.47. The summed E-state index contributed by atoms with van der Waals surface area (Å²) in [5.41, 5.74) is 7.20. The van der Waals surface area contributed by atoms with Crippen molar-refractivity contribution in [1.82, 2.24) is 25.5 Å². The Labute approximate surface area is 244 Å². The molecule has 2 amide bonds. The summed E-state index contributed by atoms with van der Waals surface area (Å²) in [5, 5.41) is 13.0. The number of carbonyl (C=O) groups is 2. The second kappa shape index (κ2) is 10.8. The fourth-order valence-electron chi connectivity index (χ4n) is 5.81. The molecule has 1 fully saturated rings. The van der Waals surface area contributed by atoms with Gasteiger partial charge >= 0.3 is 0 Å². The zero-order valence-electron chi connectivity index (χ0n) is 24.3. The normalized spacial score (nSPS) is 17.5. The Bertz CT molecular complexity index is 1640. The third kappa shape index (κ3) is 5.31. The largest absolute Gasteiger partial charge is 0.341 e. The zero-order chi connectivity index (χ0) is 29.6. The van der Waals surface area contributed by atoms with Gasteiger partial charge in [-0.3, -0.25) is 19.7 Å². The van der Waals surface area contributed by atoms with Gasteiger partial charge in [-0.1, -0.05) is 38.1 Å². The Kier molecular flexibility index (Phi) is 7.12. The highest BCUT2D eigenvalue weighted by Gasteiger charge is 2.52. The van der Waals surface area contributed by atoms with Crippen molar-refractivity contribution in [1.29, 1.82) is 0 Å². The Morgan fingerprint density at radius 1 is 1.05 bits per heavy atom. The van der Waals surface area contributed by atoms with Crippen LogP contribution in [0.4, 0.5) is 10.1 Å². The van der Waals surface area contributed by atoms with E-state index >= 15 is 0 Å². The summed E-state index contributed by atoms with van der Waals surface area (Å²) >= 11 is 0. The molecule has 0 saturated heterocycles. The summed E-state index contributed by atoms with van der Waals surface area (Å²) in [6.07, 6.45) is 5.28. The second-order valence-electron chi connectivity index (χ2n) is 11.8. The number of nitrogens with zero attached hydrogens (tertiary/aromatic N) is 3. The molecular formula is C33H35FN6O2. The predicted octanol–water partition coefficient (Wildman–Crippen LogP) is 5.93. The van der Waals surface area contributed by atoms with E-state index in [9.17, 15) is 14.0 Å². The van der Waals surface area contributed by atoms with Gasteiger partial charge in [-0.05, 0) is 80.3 Å². The van der Waals surface area contributed by atoms with Crippen molar-refractivity contribution >= 4 is 17.5 Å². The van der Waals surface area contributed by atoms with Crippen LogP contribution in [0.3, 0.4) is 0 Å². The SMILES string of the molecule is Cc1n[nH]c(C)c1-c1ccc(NC(=O)C(NC(=O)C2(F)CC2)[C@@H]2CCc3ccc(-c4cncc(C(C)C)n4)cc32)cc1. The summed E-state index contributed by atoms with van der Waals surface area (Å²) in [6.45, 7) is 8.05. The van der Waals surface area contributed by atoms with Crippen LogP contribution in [0.15, 0.2) is 54.9 Å². The molecule has 2 aromatic heterocycles. The van der Waals surface area contributed by atoms with Crippen LogP contribution < -0.4 is 10.6 Å². The zero-order valence-corrected chi connectivity index (χ0v) is 24.3. The van der Waals surface area contributed by atoms with Crippen molar-refractivity contribution in [3.63, 3.8) is 0 Å². The Hall–Kier alpha value is -4.40. The van der Waals surface area contributed by atoms with E-state index in [0.717, 1.165) is 57.0 Å². The van der Waals surface area contributed by atoms with E-state index < -0.39 is 17.6 Å². The lowest BCUT2D eigenvalue weighted by Crippen LogP contribution is -2.50. The molecule has 9 heteroatoms. The number of aryl methyl sites for hydroxylation is 3. The first kappa shape index (κ1) is 27.8. The first-order valence-electron chi connectivity index (χ1n) is 14.5. The summed E-state index contributed by atoms with van der Waals surface area (Å²) in [4.78, 5) is 35.9. The van der Waals surface area contributed by atoms with Crippen molar-refractivity contribution in [2.45, 2.75) is 76.9 Å². The monoisotopic (exact) mass is 566 g/mol. The Morgan fingerprint density at radius 2 is 1.79 bits per heavy atom. The second-order valence-corrected chi connectivity index (χ2v) is 11.8. The molecule has 2 aliphatic carbocycles. The Balaban J connectivity index is 1.29. The van der Waals surface area contributed by atoms with Gasteiger partial charge in [-0.2, -0.15) is 5.10 Å². The molecule has 42 heavy (non-hydrogen) atoms. The number of nitrogens with one attached hydrogen (secondary N) is 3. The maximum Gasteiger partial charge on any atom is 0.258 e. The molecule has 0 aliphatic heterocycles. The highest BCUT2D eigenvalue weighted by molar-refractivity contribution is 6.00. The first-order valence-corrected chi connectivity index (χ1v) is 14.5. The third-order valence-electron chi connectivity index (χ3n) is 8.45. The molecule has 2 aromatic carbocycles. The standard InChI is InChI=1S/C33H35FN6O2/c1-18(2)27-16-35-17-28(37-27)23-6-5-21-9-12-25(26(21)15-23)30(38-32(42)33(34)13-14-33)31(41)36-24-10-7-22(8-11-24)29-19(3)39-40-20(29)4/h5-8,10-11,15-18,25,30H,9,12-14H2,1-4H3,(H,36,41)(H,38,42)(H,39,40)/t25-,30?/m1/s1. The molecule has 6 rings (SSSR count). The smallest absolute Gasteiger partial charge is 0.258 e. The summed E-state index contributed by atoms with van der Waals surface area (Å²) in [6, 6.07) is 12.7. The van der Waals surface area contributed by atoms with Crippen molar-refractivity contribution in [2.75, 3.05) is 5.32 Å². The summed E-state index contributed by atoms with van der Waals surface area (Å²) < 4.78 is 14.8. The van der Waals surface area contributed by atoms with Crippen LogP contribution in [-0.2, 0) is 16.0 Å². The molecule has 2 heterocycles. The van der Waals surface area contributed by atoms with Crippen molar-refractivity contribution in [3.05, 3.63) is 83.1 Å². The van der Waals surface area contributed by atoms with Gasteiger partial charge in [0, 0.05) is 34.6 Å². The van der Waals surface area contributed by atoms with E-state index in [2.05, 4.69) is 45.7 Å². The van der Waals surface area contributed by atoms with Crippen LogP contribution in [0.5, 0.6) is 0 Å². The maximum atomic E-state index is 14.8. The maximum absolute atomic E-state index is 14.8. The number of aromatic amines is 1. The number of alkyl halides is 1. The number of halogens is 1. The number of amides is 2. The quantitative estimate of drug-likeness (QED) is 0.245. The van der Waals surface area contributed by atoms with Gasteiger partial charge in [0.25, 0.3) is 5.91 Å². The first-order chi connectivity index (χ1) is 20.1. The third-order valence-corrected chi connectivity index (χ3v) is 8.45. The molecule has 2 atom stereocenters. The van der Waals surface area contributed by atoms with Gasteiger partial charge in [-0.15, -0.1) is 0 Å². The van der Waals surface area contributed by atoms with Crippen LogP contribution in [0.1, 0.15) is 73.2 Å². The van der Waals surface area contributed by atoms with Crippen LogP contribution in [-0.4, -0.2) is 43.7 Å². The number of hydrogen-bond donors (Lipinski definition) is 3. The number of aromatic nitrogens is 4. The number of fused-ring (bicyclic) bond motifs is 1. The lowest BCUT2D eigenvalue weighted by molar-refractivity contribution is -0.131. The van der Waals surface area contributed by atoms with E-state index in [0.29, 0.717) is 12.1 Å². The van der Waals surface area contributed by atoms with Crippen molar-refractivity contribution in [3.8, 4) is 22.4 Å². The number of rotatable bonds is 8. The molecule has 0 bridgehead atoms. The van der Waals surface area contributed by atoms with Crippen molar-refractivity contribution < 1.29 is 14.0 Å². The molecule has 0 radical (unpaired) electrons. The number of H-pyrrole nitrogens is 1. The lowest BCUT2D eigenvalue weighted by Gasteiger charge is -2.26. The topological polar surface area (TPSA) is 113 Å². The molecule has 3 N–H and O–H groups in total. The van der Waals surface area contributed by atoms with Gasteiger partial charge in [0.05, 0.1) is 23.3 Å². The van der Waals surface area contributed by atoms with Crippen LogP contribution in [0.25, 0.3) is 22.4 Å². The minimum absolute atomic E-state index is 0.178. The van der Waals surface area contributed by atoms with Gasteiger partial charge in [0.2, 0.25) is 5.91 Å².